The summed E-state index contributed by atoms with van der Waals surface area (Å²) < 4.78 is 0. The van der Waals surface area contributed by atoms with Crippen molar-refractivity contribution in [2.24, 2.45) is 0 Å². The van der Waals surface area contributed by atoms with Gasteiger partial charge >= 0.3 is 0 Å². The van der Waals surface area contributed by atoms with E-state index in [0.717, 1.165) is 5.56 Å². The molecule has 0 aliphatic heterocycles. The van der Waals surface area contributed by atoms with Crippen LogP contribution in [0.5, 0.6) is 5.75 Å². The highest BCUT2D eigenvalue weighted by Gasteiger charge is 2.17. The number of rotatable bonds is 6. The predicted molar refractivity (Wildman–Crippen MR) is 94.2 cm³/mol. The number of phenolic OH excluding ortho intramolecular Hbond substituents is 1. The van der Waals surface area contributed by atoms with Crippen LogP contribution in [0, 0.1) is 0 Å². The van der Waals surface area contributed by atoms with Gasteiger partial charge in [-0.15, -0.1) is 0 Å². The maximum absolute atomic E-state index is 12.4. The standard InChI is InChI=1S/C19H19N3O3/c23-12-14(10-13-6-2-1-3-7-13)20-19(25)17-11-16(21-22-17)15-8-4-5-9-18(15)24/h1-9,11,14,23-24H,10,12H2,(H,20,25)(H,21,22)/t14-/m0/s1. The van der Waals surface area contributed by atoms with Gasteiger partial charge < -0.3 is 15.5 Å². The molecule has 1 atom stereocenters. The molecule has 2 aromatic carbocycles. The highest BCUT2D eigenvalue weighted by atomic mass is 16.3. The molecular weight excluding hydrogens is 318 g/mol. The van der Waals surface area contributed by atoms with Crippen LogP contribution < -0.4 is 5.32 Å². The summed E-state index contributed by atoms with van der Waals surface area (Å²) >= 11 is 0. The molecule has 1 amide bonds. The highest BCUT2D eigenvalue weighted by Crippen LogP contribution is 2.27. The molecule has 0 radical (unpaired) electrons. The molecule has 0 aliphatic carbocycles. The minimum absolute atomic E-state index is 0.0956. The largest absolute Gasteiger partial charge is 0.507 e. The van der Waals surface area contributed by atoms with Gasteiger partial charge in [-0.2, -0.15) is 5.10 Å². The van der Waals surface area contributed by atoms with Crippen molar-refractivity contribution in [2.45, 2.75) is 12.5 Å². The molecule has 0 aliphatic rings. The molecule has 6 nitrogen and oxygen atoms in total. The minimum atomic E-state index is -0.397. The third-order valence-electron chi connectivity index (χ3n) is 3.88. The zero-order valence-corrected chi connectivity index (χ0v) is 13.5. The van der Waals surface area contributed by atoms with Gasteiger partial charge in [0, 0.05) is 5.56 Å². The molecule has 0 bridgehead atoms. The van der Waals surface area contributed by atoms with E-state index in [9.17, 15) is 15.0 Å². The number of H-pyrrole nitrogens is 1. The van der Waals surface area contributed by atoms with Crippen molar-refractivity contribution in [1.82, 2.24) is 15.5 Å². The summed E-state index contributed by atoms with van der Waals surface area (Å²) in [5.74, 6) is -0.262. The van der Waals surface area contributed by atoms with Gasteiger partial charge in [-0.3, -0.25) is 9.89 Å². The molecule has 0 saturated carbocycles. The Labute approximate surface area is 145 Å². The van der Waals surface area contributed by atoms with E-state index in [2.05, 4.69) is 15.5 Å². The molecule has 4 N–H and O–H groups in total. The summed E-state index contributed by atoms with van der Waals surface area (Å²) in [6, 6.07) is 17.6. The summed E-state index contributed by atoms with van der Waals surface area (Å²) in [7, 11) is 0. The number of aromatic amines is 1. The number of hydrogen-bond acceptors (Lipinski definition) is 4. The second-order valence-corrected chi connectivity index (χ2v) is 5.73. The van der Waals surface area contributed by atoms with Crippen molar-refractivity contribution < 1.29 is 15.0 Å². The number of amides is 1. The van der Waals surface area contributed by atoms with E-state index in [1.807, 2.05) is 30.3 Å². The Balaban J connectivity index is 1.70. The highest BCUT2D eigenvalue weighted by molar-refractivity contribution is 5.93. The zero-order valence-electron chi connectivity index (χ0n) is 13.5. The van der Waals surface area contributed by atoms with Crippen molar-refractivity contribution in [3.8, 4) is 17.0 Å². The number of para-hydroxylation sites is 1. The molecule has 0 unspecified atom stereocenters. The fourth-order valence-corrected chi connectivity index (χ4v) is 2.59. The molecule has 0 spiro atoms. The van der Waals surface area contributed by atoms with Crippen LogP contribution in [0.4, 0.5) is 0 Å². The summed E-state index contributed by atoms with van der Waals surface area (Å²) in [6.07, 6.45) is 0.531. The third-order valence-corrected chi connectivity index (χ3v) is 3.88. The molecule has 3 rings (SSSR count). The van der Waals surface area contributed by atoms with Gasteiger partial charge in [-0.05, 0) is 30.2 Å². The van der Waals surface area contributed by atoms with Crippen molar-refractivity contribution in [1.29, 1.82) is 0 Å². The number of aromatic hydroxyl groups is 1. The monoisotopic (exact) mass is 337 g/mol. The molecule has 0 fully saturated rings. The number of nitrogens with zero attached hydrogens (tertiary/aromatic N) is 1. The number of nitrogens with one attached hydrogen (secondary N) is 2. The van der Waals surface area contributed by atoms with E-state index >= 15 is 0 Å². The Morgan fingerprint density at radius 3 is 2.56 bits per heavy atom. The van der Waals surface area contributed by atoms with E-state index in [-0.39, 0.29) is 24.0 Å². The lowest BCUT2D eigenvalue weighted by Crippen LogP contribution is -2.39. The summed E-state index contributed by atoms with van der Waals surface area (Å²) in [5, 5.41) is 28.9. The first-order valence-corrected chi connectivity index (χ1v) is 7.97. The average molecular weight is 337 g/mol. The number of aliphatic hydroxyl groups is 1. The van der Waals surface area contributed by atoms with Crippen LogP contribution in [0.15, 0.2) is 60.7 Å². The van der Waals surface area contributed by atoms with Gasteiger partial charge in [0.2, 0.25) is 0 Å². The van der Waals surface area contributed by atoms with Gasteiger partial charge in [-0.25, -0.2) is 0 Å². The Kier molecular flexibility index (Phi) is 5.11. The average Bonchev–Trinajstić information content (AvgIpc) is 3.12. The van der Waals surface area contributed by atoms with Gasteiger partial charge in [-0.1, -0.05) is 42.5 Å². The fourth-order valence-electron chi connectivity index (χ4n) is 2.59. The first-order chi connectivity index (χ1) is 12.2. The number of aliphatic hydroxyl groups excluding tert-OH is 1. The molecule has 0 saturated heterocycles. The maximum Gasteiger partial charge on any atom is 0.269 e. The quantitative estimate of drug-likeness (QED) is 0.554. The van der Waals surface area contributed by atoms with Gasteiger partial charge in [0.15, 0.2) is 0 Å². The van der Waals surface area contributed by atoms with Crippen molar-refractivity contribution in [3.63, 3.8) is 0 Å². The van der Waals surface area contributed by atoms with E-state index in [4.69, 9.17) is 0 Å². The van der Waals surface area contributed by atoms with Crippen molar-refractivity contribution >= 4 is 5.91 Å². The number of aromatic nitrogens is 2. The number of hydrogen-bond donors (Lipinski definition) is 4. The lowest BCUT2D eigenvalue weighted by Gasteiger charge is -2.15. The van der Waals surface area contributed by atoms with E-state index in [0.29, 0.717) is 17.7 Å². The van der Waals surface area contributed by atoms with Gasteiger partial charge in [0.05, 0.1) is 18.3 Å². The minimum Gasteiger partial charge on any atom is -0.507 e. The number of phenols is 1. The molecule has 128 valence electrons. The van der Waals surface area contributed by atoms with Gasteiger partial charge in [0.1, 0.15) is 11.4 Å². The number of carbonyl (C=O) groups excluding carboxylic acids is 1. The van der Waals surface area contributed by atoms with Crippen LogP contribution in [0.2, 0.25) is 0 Å². The lowest BCUT2D eigenvalue weighted by atomic mass is 10.1. The SMILES string of the molecule is O=C(N[C@H](CO)Cc1ccccc1)c1cc(-c2ccccc2O)n[nH]1. The molecule has 1 heterocycles. The number of carbonyl (C=O) groups is 1. The van der Waals surface area contributed by atoms with Crippen LogP contribution in [0.1, 0.15) is 16.1 Å². The topological polar surface area (TPSA) is 98.2 Å². The van der Waals surface area contributed by atoms with Crippen LogP contribution in [0.3, 0.4) is 0 Å². The zero-order chi connectivity index (χ0) is 17.6. The smallest absolute Gasteiger partial charge is 0.269 e. The molecule has 1 aromatic heterocycles. The summed E-state index contributed by atoms with van der Waals surface area (Å²) in [4.78, 5) is 12.4. The lowest BCUT2D eigenvalue weighted by molar-refractivity contribution is 0.0911. The Morgan fingerprint density at radius 1 is 1.12 bits per heavy atom. The van der Waals surface area contributed by atoms with Crippen LogP contribution in [-0.4, -0.2) is 39.0 Å². The summed E-state index contributed by atoms with van der Waals surface area (Å²) in [5.41, 5.74) is 2.32. The first-order valence-electron chi connectivity index (χ1n) is 7.97. The van der Waals surface area contributed by atoms with Crippen molar-refractivity contribution in [2.75, 3.05) is 6.61 Å². The van der Waals surface area contributed by atoms with E-state index in [1.165, 1.54) is 0 Å². The van der Waals surface area contributed by atoms with Crippen LogP contribution >= 0.6 is 0 Å². The van der Waals surface area contributed by atoms with Crippen molar-refractivity contribution in [3.05, 3.63) is 71.9 Å². The molecular formula is C19H19N3O3. The first kappa shape index (κ1) is 16.7. The molecule has 6 heteroatoms. The molecule has 3 aromatic rings. The maximum atomic E-state index is 12.4. The summed E-state index contributed by atoms with van der Waals surface area (Å²) in [6.45, 7) is -0.166. The number of benzene rings is 2. The normalized spacial score (nSPS) is 11.9. The third kappa shape index (κ3) is 4.05. The van der Waals surface area contributed by atoms with Crippen LogP contribution in [-0.2, 0) is 6.42 Å². The Morgan fingerprint density at radius 2 is 1.84 bits per heavy atom. The second kappa shape index (κ2) is 7.63. The molecule has 25 heavy (non-hydrogen) atoms. The van der Waals surface area contributed by atoms with E-state index in [1.54, 1.807) is 30.3 Å². The van der Waals surface area contributed by atoms with Crippen LogP contribution in [0.25, 0.3) is 11.3 Å². The Hall–Kier alpha value is -3.12. The van der Waals surface area contributed by atoms with E-state index < -0.39 is 6.04 Å². The second-order valence-electron chi connectivity index (χ2n) is 5.73. The van der Waals surface area contributed by atoms with Gasteiger partial charge in [0.25, 0.3) is 5.91 Å². The Bertz CT molecular complexity index is 846. The fraction of sp³-hybridized carbons (Fsp3) is 0.158. The predicted octanol–water partition coefficient (Wildman–Crippen LogP) is 2.12.